The summed E-state index contributed by atoms with van der Waals surface area (Å²) in [6.07, 6.45) is 9.53. The molecule has 2 aliphatic rings. The Morgan fingerprint density at radius 2 is 1.74 bits per heavy atom. The van der Waals surface area contributed by atoms with Crippen LogP contribution in [0.25, 0.3) is 10.8 Å². The molecule has 4 nitrogen and oxygen atoms in total. The number of fused-ring (bicyclic) bond motifs is 2. The van der Waals surface area contributed by atoms with Gasteiger partial charge in [0.25, 0.3) is 0 Å². The van der Waals surface area contributed by atoms with E-state index in [1.165, 1.54) is 32.1 Å². The zero-order valence-corrected chi connectivity index (χ0v) is 14.0. The van der Waals surface area contributed by atoms with Crippen LogP contribution in [0.15, 0.2) is 41.6 Å². The fourth-order valence-electron chi connectivity index (χ4n) is 4.19. The lowest BCUT2D eigenvalue weighted by Crippen LogP contribution is -2.29. The number of hydrogen-bond acceptors (Lipinski definition) is 3. The lowest BCUT2D eigenvalue weighted by atomic mass is 9.92. The van der Waals surface area contributed by atoms with Crippen molar-refractivity contribution >= 4 is 20.8 Å². The van der Waals surface area contributed by atoms with Crippen LogP contribution in [0, 0.1) is 11.8 Å². The first kappa shape index (κ1) is 15.1. The monoisotopic (exact) mass is 330 g/mol. The van der Waals surface area contributed by atoms with Gasteiger partial charge >= 0.3 is 0 Å². The Kier molecular flexibility index (Phi) is 3.85. The summed E-state index contributed by atoms with van der Waals surface area (Å²) in [6.45, 7) is 1.38. The van der Waals surface area contributed by atoms with E-state index in [1.54, 1.807) is 28.8 Å². The average Bonchev–Trinajstić information content (AvgIpc) is 2.86. The number of nitrogens with zero attached hydrogens (tertiary/aromatic N) is 2. The Bertz CT molecular complexity index is 799. The van der Waals surface area contributed by atoms with Crippen LogP contribution in [0.5, 0.6) is 0 Å². The van der Waals surface area contributed by atoms with Crippen molar-refractivity contribution in [2.45, 2.75) is 37.0 Å². The molecule has 1 aromatic carbocycles. The first-order chi connectivity index (χ1) is 11.2. The average molecular weight is 330 g/mol. The molecule has 2 unspecified atom stereocenters. The number of pyridine rings is 1. The number of sulfonamides is 1. The van der Waals surface area contributed by atoms with E-state index in [0.29, 0.717) is 29.8 Å². The molecule has 1 aliphatic heterocycles. The summed E-state index contributed by atoms with van der Waals surface area (Å²) in [5.74, 6) is 1.09. The molecule has 0 radical (unpaired) electrons. The second kappa shape index (κ2) is 5.87. The van der Waals surface area contributed by atoms with E-state index in [9.17, 15) is 8.42 Å². The van der Waals surface area contributed by atoms with E-state index >= 15 is 0 Å². The van der Waals surface area contributed by atoms with Gasteiger partial charge in [-0.2, -0.15) is 4.31 Å². The molecule has 1 aliphatic carbocycles. The molecule has 4 rings (SSSR count). The van der Waals surface area contributed by atoms with Gasteiger partial charge in [0.2, 0.25) is 10.0 Å². The van der Waals surface area contributed by atoms with Crippen LogP contribution in [0.4, 0.5) is 0 Å². The zero-order valence-electron chi connectivity index (χ0n) is 13.2. The normalized spacial score (nSPS) is 26.1. The van der Waals surface area contributed by atoms with Crippen LogP contribution in [-0.4, -0.2) is 30.8 Å². The lowest BCUT2D eigenvalue weighted by Gasteiger charge is -2.18. The number of hydrogen-bond donors (Lipinski definition) is 0. The van der Waals surface area contributed by atoms with Gasteiger partial charge in [-0.15, -0.1) is 0 Å². The quantitative estimate of drug-likeness (QED) is 0.847. The summed E-state index contributed by atoms with van der Waals surface area (Å²) in [4.78, 5) is 4.52. The van der Waals surface area contributed by atoms with Crippen LogP contribution in [0.2, 0.25) is 0 Å². The summed E-state index contributed by atoms with van der Waals surface area (Å²) >= 11 is 0. The highest BCUT2D eigenvalue weighted by Gasteiger charge is 2.39. The van der Waals surface area contributed by atoms with Crippen LogP contribution >= 0.6 is 0 Å². The maximum atomic E-state index is 13.2. The van der Waals surface area contributed by atoms with Crippen LogP contribution in [0.1, 0.15) is 32.1 Å². The summed E-state index contributed by atoms with van der Waals surface area (Å²) < 4.78 is 28.1. The standard InChI is InChI=1S/C18H22N2O2S/c21-23(22,18-8-4-7-14-11-19-10-9-17(14)18)20-12-15-5-2-1-3-6-16(15)13-20/h4,7-11,15-16H,1-3,5-6,12-13H2. The van der Waals surface area contributed by atoms with Gasteiger partial charge in [0.05, 0.1) is 4.90 Å². The summed E-state index contributed by atoms with van der Waals surface area (Å²) in [6, 6.07) is 7.25. The third-order valence-electron chi connectivity index (χ3n) is 5.45. The minimum atomic E-state index is -3.43. The van der Waals surface area contributed by atoms with Gasteiger partial charge in [-0.1, -0.05) is 31.4 Å². The highest BCUT2D eigenvalue weighted by molar-refractivity contribution is 7.89. The van der Waals surface area contributed by atoms with Crippen LogP contribution in [-0.2, 0) is 10.0 Å². The maximum Gasteiger partial charge on any atom is 0.243 e. The molecule has 1 saturated heterocycles. The van der Waals surface area contributed by atoms with Gasteiger partial charge < -0.3 is 0 Å². The van der Waals surface area contributed by atoms with Gasteiger partial charge in [-0.3, -0.25) is 4.98 Å². The van der Waals surface area contributed by atoms with Crippen molar-refractivity contribution in [2.75, 3.05) is 13.1 Å². The zero-order chi connectivity index (χ0) is 15.9. The van der Waals surface area contributed by atoms with Crippen molar-refractivity contribution in [1.82, 2.24) is 9.29 Å². The van der Waals surface area contributed by atoms with Crippen molar-refractivity contribution < 1.29 is 8.42 Å². The molecule has 2 fully saturated rings. The molecule has 23 heavy (non-hydrogen) atoms. The number of rotatable bonds is 2. The molecule has 0 amide bonds. The molecule has 1 aromatic heterocycles. The predicted molar refractivity (Wildman–Crippen MR) is 90.6 cm³/mol. The maximum absolute atomic E-state index is 13.2. The molecule has 1 saturated carbocycles. The van der Waals surface area contributed by atoms with Crippen LogP contribution in [0.3, 0.4) is 0 Å². The van der Waals surface area contributed by atoms with Gasteiger partial charge in [0.15, 0.2) is 0 Å². The summed E-state index contributed by atoms with van der Waals surface area (Å²) in [7, 11) is -3.43. The predicted octanol–water partition coefficient (Wildman–Crippen LogP) is 3.44. The molecule has 0 bridgehead atoms. The van der Waals surface area contributed by atoms with E-state index < -0.39 is 10.0 Å². The Labute approximate surface area is 137 Å². The van der Waals surface area contributed by atoms with Crippen LogP contribution < -0.4 is 0 Å². The molecule has 2 atom stereocenters. The highest BCUT2D eigenvalue weighted by atomic mass is 32.2. The second-order valence-corrected chi connectivity index (χ2v) is 8.74. The molecule has 2 aromatic rings. The Morgan fingerprint density at radius 1 is 1.00 bits per heavy atom. The molecule has 0 N–H and O–H groups in total. The van der Waals surface area contributed by atoms with E-state index in [-0.39, 0.29) is 0 Å². The lowest BCUT2D eigenvalue weighted by molar-refractivity contribution is 0.397. The summed E-state index contributed by atoms with van der Waals surface area (Å²) in [5.41, 5.74) is 0. The van der Waals surface area contributed by atoms with Crippen molar-refractivity contribution in [3.63, 3.8) is 0 Å². The SMILES string of the molecule is O=S(=O)(c1cccc2cnccc12)N1CC2CCCCCC2C1. The largest absolute Gasteiger partial charge is 0.264 e. The summed E-state index contributed by atoms with van der Waals surface area (Å²) in [5, 5.41) is 1.65. The Balaban J connectivity index is 1.70. The topological polar surface area (TPSA) is 50.3 Å². The fraction of sp³-hybridized carbons (Fsp3) is 0.500. The first-order valence-corrected chi connectivity index (χ1v) is 9.93. The smallest absolute Gasteiger partial charge is 0.243 e. The Hall–Kier alpha value is -1.46. The van der Waals surface area contributed by atoms with Crippen molar-refractivity contribution in [3.05, 3.63) is 36.7 Å². The van der Waals surface area contributed by atoms with Crippen molar-refractivity contribution in [2.24, 2.45) is 11.8 Å². The van der Waals surface area contributed by atoms with Gasteiger partial charge in [-0.05, 0) is 36.8 Å². The van der Waals surface area contributed by atoms with Crippen molar-refractivity contribution in [3.8, 4) is 0 Å². The number of aromatic nitrogens is 1. The van der Waals surface area contributed by atoms with Crippen molar-refractivity contribution in [1.29, 1.82) is 0 Å². The third-order valence-corrected chi connectivity index (χ3v) is 7.34. The fourth-order valence-corrected chi connectivity index (χ4v) is 5.96. The highest BCUT2D eigenvalue weighted by Crippen LogP contribution is 2.38. The van der Waals surface area contributed by atoms with Gasteiger partial charge in [0.1, 0.15) is 0 Å². The first-order valence-electron chi connectivity index (χ1n) is 8.49. The minimum Gasteiger partial charge on any atom is -0.264 e. The minimum absolute atomic E-state index is 0.425. The molecular formula is C18H22N2O2S. The van der Waals surface area contributed by atoms with E-state index in [4.69, 9.17) is 0 Å². The number of benzene rings is 1. The second-order valence-electron chi connectivity index (χ2n) is 6.83. The molecule has 2 heterocycles. The van der Waals surface area contributed by atoms with E-state index in [1.807, 2.05) is 12.1 Å². The van der Waals surface area contributed by atoms with E-state index in [2.05, 4.69) is 4.98 Å². The van der Waals surface area contributed by atoms with E-state index in [0.717, 1.165) is 10.8 Å². The molecular weight excluding hydrogens is 308 g/mol. The molecule has 122 valence electrons. The Morgan fingerprint density at radius 3 is 2.48 bits per heavy atom. The van der Waals surface area contributed by atoms with Gasteiger partial charge in [-0.25, -0.2) is 8.42 Å². The molecule has 5 heteroatoms. The van der Waals surface area contributed by atoms with Gasteiger partial charge in [0, 0.05) is 36.3 Å². The molecule has 0 spiro atoms. The third kappa shape index (κ3) is 2.66.